The fourth-order valence-corrected chi connectivity index (χ4v) is 2.01. The average Bonchev–Trinajstić information content (AvgIpc) is 2.70. The van der Waals surface area contributed by atoms with E-state index >= 15 is 0 Å². The van der Waals surface area contributed by atoms with Gasteiger partial charge in [-0.25, -0.2) is 9.97 Å². The predicted octanol–water partition coefficient (Wildman–Crippen LogP) is 2.19. The molecule has 0 saturated heterocycles. The van der Waals surface area contributed by atoms with Crippen molar-refractivity contribution in [3.63, 3.8) is 0 Å². The van der Waals surface area contributed by atoms with Crippen LogP contribution in [0.15, 0.2) is 17.0 Å². The Labute approximate surface area is 108 Å². The monoisotopic (exact) mass is 299 g/mol. The Morgan fingerprint density at radius 1 is 1.47 bits per heavy atom. The van der Waals surface area contributed by atoms with Crippen LogP contribution in [0.3, 0.4) is 0 Å². The molecule has 0 amide bonds. The number of aliphatic hydroxyl groups excluding tert-OH is 1. The number of hydrogen-bond donors (Lipinski definition) is 1. The topological polar surface area (TPSA) is 59.7 Å². The SMILES string of the molecule is COc1nc(Br)cn2c(C(O)C(C)C)cnc12. The van der Waals surface area contributed by atoms with E-state index in [0.717, 1.165) is 5.69 Å². The lowest BCUT2D eigenvalue weighted by molar-refractivity contribution is 0.121. The van der Waals surface area contributed by atoms with Gasteiger partial charge in [-0.05, 0) is 21.8 Å². The molecular weight excluding hydrogens is 286 g/mol. The molecule has 2 heterocycles. The molecule has 0 aliphatic heterocycles. The number of aromatic nitrogens is 3. The van der Waals surface area contributed by atoms with Gasteiger partial charge < -0.3 is 9.84 Å². The minimum Gasteiger partial charge on any atom is -0.478 e. The van der Waals surface area contributed by atoms with Gasteiger partial charge in [0, 0.05) is 6.20 Å². The summed E-state index contributed by atoms with van der Waals surface area (Å²) in [5.74, 6) is 0.550. The van der Waals surface area contributed by atoms with E-state index in [1.165, 1.54) is 0 Å². The van der Waals surface area contributed by atoms with Gasteiger partial charge in [-0.15, -0.1) is 0 Å². The van der Waals surface area contributed by atoms with Crippen molar-refractivity contribution in [1.82, 2.24) is 14.4 Å². The molecule has 6 heteroatoms. The Bertz CT molecular complexity index is 539. The molecule has 2 aromatic rings. The predicted molar refractivity (Wildman–Crippen MR) is 67.0 cm³/mol. The van der Waals surface area contributed by atoms with Gasteiger partial charge in [0.05, 0.1) is 25.1 Å². The maximum absolute atomic E-state index is 10.1. The highest BCUT2D eigenvalue weighted by molar-refractivity contribution is 9.10. The molecule has 17 heavy (non-hydrogen) atoms. The van der Waals surface area contributed by atoms with Crippen LogP contribution in [0, 0.1) is 5.92 Å². The summed E-state index contributed by atoms with van der Waals surface area (Å²) in [5.41, 5.74) is 1.34. The highest BCUT2D eigenvalue weighted by atomic mass is 79.9. The van der Waals surface area contributed by atoms with E-state index in [1.807, 2.05) is 13.8 Å². The second kappa shape index (κ2) is 4.62. The average molecular weight is 300 g/mol. The lowest BCUT2D eigenvalue weighted by Crippen LogP contribution is -2.08. The molecule has 0 fully saturated rings. The zero-order valence-electron chi connectivity index (χ0n) is 9.88. The quantitative estimate of drug-likeness (QED) is 0.944. The van der Waals surface area contributed by atoms with Crippen molar-refractivity contribution in [2.45, 2.75) is 20.0 Å². The number of halogens is 1. The molecule has 0 saturated carbocycles. The Kier molecular flexibility index (Phi) is 3.35. The summed E-state index contributed by atoms with van der Waals surface area (Å²) in [6.07, 6.45) is 2.85. The molecule has 0 bridgehead atoms. The molecule has 2 aromatic heterocycles. The molecule has 1 atom stereocenters. The molecule has 92 valence electrons. The fraction of sp³-hybridized carbons (Fsp3) is 0.455. The number of hydrogen-bond acceptors (Lipinski definition) is 4. The maximum Gasteiger partial charge on any atom is 0.259 e. The molecule has 0 spiro atoms. The molecule has 0 radical (unpaired) electrons. The maximum atomic E-state index is 10.1. The van der Waals surface area contributed by atoms with Gasteiger partial charge in [-0.2, -0.15) is 0 Å². The van der Waals surface area contributed by atoms with E-state index in [9.17, 15) is 5.11 Å². The van der Waals surface area contributed by atoms with Crippen LogP contribution in [0.4, 0.5) is 0 Å². The molecule has 5 nitrogen and oxygen atoms in total. The van der Waals surface area contributed by atoms with E-state index in [1.54, 1.807) is 23.9 Å². The van der Waals surface area contributed by atoms with Crippen LogP contribution in [0.1, 0.15) is 25.6 Å². The Balaban J connectivity index is 2.64. The van der Waals surface area contributed by atoms with Crippen LogP contribution in [0.5, 0.6) is 5.88 Å². The van der Waals surface area contributed by atoms with E-state index in [0.29, 0.717) is 16.1 Å². The molecule has 1 N–H and O–H groups in total. The lowest BCUT2D eigenvalue weighted by atomic mass is 10.1. The number of rotatable bonds is 3. The van der Waals surface area contributed by atoms with Crippen LogP contribution in [-0.4, -0.2) is 26.6 Å². The lowest BCUT2D eigenvalue weighted by Gasteiger charge is -2.14. The van der Waals surface area contributed by atoms with Crippen LogP contribution in [0.2, 0.25) is 0 Å². The molecule has 2 rings (SSSR count). The van der Waals surface area contributed by atoms with Gasteiger partial charge in [-0.3, -0.25) is 4.40 Å². The van der Waals surface area contributed by atoms with Crippen molar-refractivity contribution in [2.75, 3.05) is 7.11 Å². The third-order valence-electron chi connectivity index (χ3n) is 2.59. The zero-order valence-corrected chi connectivity index (χ0v) is 11.5. The number of nitrogens with zero attached hydrogens (tertiary/aromatic N) is 3. The number of aliphatic hydroxyl groups is 1. The molecule has 0 aromatic carbocycles. The fourth-order valence-electron chi connectivity index (χ4n) is 1.65. The second-order valence-electron chi connectivity index (χ2n) is 4.14. The number of fused-ring (bicyclic) bond motifs is 1. The van der Waals surface area contributed by atoms with E-state index in [4.69, 9.17) is 4.74 Å². The van der Waals surface area contributed by atoms with E-state index in [-0.39, 0.29) is 5.92 Å². The highest BCUT2D eigenvalue weighted by Crippen LogP contribution is 2.26. The first-order valence-corrected chi connectivity index (χ1v) is 6.09. The van der Waals surface area contributed by atoms with Crippen molar-refractivity contribution in [1.29, 1.82) is 0 Å². The largest absolute Gasteiger partial charge is 0.478 e. The summed E-state index contributed by atoms with van der Waals surface area (Å²) in [5, 5.41) is 10.1. The molecule has 0 aliphatic carbocycles. The van der Waals surface area contributed by atoms with Gasteiger partial charge in [0.25, 0.3) is 5.88 Å². The summed E-state index contributed by atoms with van der Waals surface area (Å²) in [4.78, 5) is 8.40. The van der Waals surface area contributed by atoms with E-state index < -0.39 is 6.10 Å². The first-order chi connectivity index (χ1) is 8.04. The summed E-state index contributed by atoms with van der Waals surface area (Å²) < 4.78 is 7.58. The minimum atomic E-state index is -0.566. The zero-order chi connectivity index (χ0) is 12.6. The standard InChI is InChI=1S/C11H14BrN3O2/c1-6(2)9(16)7-4-13-10-11(17-3)14-8(12)5-15(7)10/h4-6,9,16H,1-3H3. The first kappa shape index (κ1) is 12.3. The van der Waals surface area contributed by atoms with Crippen molar-refractivity contribution in [3.8, 4) is 5.88 Å². The smallest absolute Gasteiger partial charge is 0.259 e. The first-order valence-electron chi connectivity index (χ1n) is 5.30. The van der Waals surface area contributed by atoms with Crippen LogP contribution < -0.4 is 4.74 Å². The molecular formula is C11H14BrN3O2. The van der Waals surface area contributed by atoms with Gasteiger partial charge in [0.1, 0.15) is 4.60 Å². The summed E-state index contributed by atoms with van der Waals surface area (Å²) in [6, 6.07) is 0. The van der Waals surface area contributed by atoms with Gasteiger partial charge in [0.15, 0.2) is 0 Å². The summed E-state index contributed by atoms with van der Waals surface area (Å²) >= 11 is 3.31. The van der Waals surface area contributed by atoms with E-state index in [2.05, 4.69) is 25.9 Å². The summed E-state index contributed by atoms with van der Waals surface area (Å²) in [7, 11) is 1.54. The van der Waals surface area contributed by atoms with Crippen LogP contribution in [0.25, 0.3) is 5.65 Å². The van der Waals surface area contributed by atoms with Crippen molar-refractivity contribution < 1.29 is 9.84 Å². The normalized spacial score (nSPS) is 13.3. The van der Waals surface area contributed by atoms with Gasteiger partial charge in [0.2, 0.25) is 5.65 Å². The van der Waals surface area contributed by atoms with Crippen molar-refractivity contribution in [3.05, 3.63) is 22.7 Å². The highest BCUT2D eigenvalue weighted by Gasteiger charge is 2.19. The molecule has 0 aliphatic rings. The second-order valence-corrected chi connectivity index (χ2v) is 4.95. The Hall–Kier alpha value is -1.14. The summed E-state index contributed by atoms with van der Waals surface area (Å²) in [6.45, 7) is 3.91. The number of methoxy groups -OCH3 is 1. The van der Waals surface area contributed by atoms with Crippen LogP contribution in [-0.2, 0) is 0 Å². The van der Waals surface area contributed by atoms with Gasteiger partial charge in [-0.1, -0.05) is 13.8 Å². The van der Waals surface area contributed by atoms with Crippen molar-refractivity contribution >= 4 is 21.6 Å². The third kappa shape index (κ3) is 2.14. The molecule has 1 unspecified atom stereocenters. The number of imidazole rings is 1. The van der Waals surface area contributed by atoms with Crippen molar-refractivity contribution in [2.24, 2.45) is 5.92 Å². The number of ether oxygens (including phenoxy) is 1. The minimum absolute atomic E-state index is 0.118. The third-order valence-corrected chi connectivity index (χ3v) is 2.97. The van der Waals surface area contributed by atoms with Gasteiger partial charge >= 0.3 is 0 Å². The van der Waals surface area contributed by atoms with Crippen LogP contribution >= 0.6 is 15.9 Å². The Morgan fingerprint density at radius 3 is 2.76 bits per heavy atom. The Morgan fingerprint density at radius 2 is 2.18 bits per heavy atom.